The number of anilines is 1. The highest BCUT2D eigenvalue weighted by atomic mass is 16.5. The molecular weight excluding hydrogens is 300 g/mol. The Kier molecular flexibility index (Phi) is 6.16. The zero-order chi connectivity index (χ0) is 17.9. The van der Waals surface area contributed by atoms with Crippen LogP contribution in [0.3, 0.4) is 0 Å². The topological polar surface area (TPSA) is 47.7 Å². The molecule has 0 bridgehead atoms. The maximum atomic E-state index is 6.13. The fraction of sp³-hybridized carbons (Fsp3) is 0.700. The molecule has 1 aliphatic heterocycles. The van der Waals surface area contributed by atoms with Gasteiger partial charge in [0.05, 0.1) is 18.4 Å². The van der Waals surface area contributed by atoms with Crippen molar-refractivity contribution in [2.45, 2.75) is 65.0 Å². The van der Waals surface area contributed by atoms with Crippen molar-refractivity contribution in [3.63, 3.8) is 0 Å². The van der Waals surface area contributed by atoms with E-state index in [1.165, 1.54) is 24.0 Å². The van der Waals surface area contributed by atoms with Gasteiger partial charge in [-0.15, -0.1) is 0 Å². The Morgan fingerprint density at radius 2 is 1.88 bits per heavy atom. The van der Waals surface area contributed by atoms with Gasteiger partial charge in [0.15, 0.2) is 0 Å². The fourth-order valence-corrected chi connectivity index (χ4v) is 3.76. The molecule has 2 rings (SSSR count). The summed E-state index contributed by atoms with van der Waals surface area (Å²) in [6.45, 7) is 13.7. The van der Waals surface area contributed by atoms with Crippen LogP contribution in [0.4, 0.5) is 5.69 Å². The van der Waals surface area contributed by atoms with Crippen LogP contribution in [0.5, 0.6) is 5.75 Å². The normalized spacial score (nSPS) is 17.5. The van der Waals surface area contributed by atoms with E-state index >= 15 is 0 Å². The average Bonchev–Trinajstić information content (AvgIpc) is 2.50. The van der Waals surface area contributed by atoms with E-state index in [0.717, 1.165) is 31.1 Å². The zero-order valence-electron chi connectivity index (χ0n) is 16.2. The number of likely N-dealkylation sites (tertiary alicyclic amines) is 1. The number of nitrogens with two attached hydrogens (primary N) is 1. The van der Waals surface area contributed by atoms with Crippen LogP contribution in [-0.4, -0.2) is 43.3 Å². The van der Waals surface area contributed by atoms with Gasteiger partial charge < -0.3 is 15.2 Å². The molecule has 0 atom stereocenters. The molecule has 136 valence electrons. The molecule has 24 heavy (non-hydrogen) atoms. The van der Waals surface area contributed by atoms with Gasteiger partial charge in [-0.3, -0.25) is 4.90 Å². The van der Waals surface area contributed by atoms with Crippen LogP contribution in [0.25, 0.3) is 0 Å². The van der Waals surface area contributed by atoms with Crippen molar-refractivity contribution in [2.24, 2.45) is 0 Å². The van der Waals surface area contributed by atoms with E-state index in [9.17, 15) is 0 Å². The van der Waals surface area contributed by atoms with E-state index < -0.39 is 0 Å². The van der Waals surface area contributed by atoms with Gasteiger partial charge >= 0.3 is 0 Å². The molecule has 0 amide bonds. The molecule has 1 fully saturated rings. The summed E-state index contributed by atoms with van der Waals surface area (Å²) in [5, 5.41) is 0. The van der Waals surface area contributed by atoms with Crippen molar-refractivity contribution in [3.8, 4) is 5.75 Å². The first kappa shape index (κ1) is 19.1. The van der Waals surface area contributed by atoms with Gasteiger partial charge in [0, 0.05) is 12.6 Å². The van der Waals surface area contributed by atoms with Crippen molar-refractivity contribution < 1.29 is 9.47 Å². The van der Waals surface area contributed by atoms with E-state index in [1.54, 1.807) is 7.11 Å². The second-order valence-electron chi connectivity index (χ2n) is 7.92. The lowest BCUT2D eigenvalue weighted by Gasteiger charge is -2.43. The summed E-state index contributed by atoms with van der Waals surface area (Å²) >= 11 is 0. The van der Waals surface area contributed by atoms with Crippen LogP contribution in [0.2, 0.25) is 0 Å². The molecule has 0 radical (unpaired) electrons. The SMILES string of the molecule is COCC(C)(C)N1CCC(c2cc(OC(C)C)c(N)cc2C)CC1. The Hall–Kier alpha value is -1.26. The molecule has 0 aromatic heterocycles. The number of hydrogen-bond acceptors (Lipinski definition) is 4. The number of methoxy groups -OCH3 is 1. The monoisotopic (exact) mass is 334 g/mol. The molecular formula is C20H34N2O2. The molecule has 1 aromatic carbocycles. The van der Waals surface area contributed by atoms with Gasteiger partial charge in [-0.25, -0.2) is 0 Å². The number of aryl methyl sites for hydroxylation is 1. The lowest BCUT2D eigenvalue weighted by atomic mass is 9.85. The second-order valence-corrected chi connectivity index (χ2v) is 7.92. The van der Waals surface area contributed by atoms with Gasteiger partial charge in [-0.1, -0.05) is 0 Å². The summed E-state index contributed by atoms with van der Waals surface area (Å²) in [5.41, 5.74) is 9.64. The lowest BCUT2D eigenvalue weighted by Crippen LogP contribution is -2.50. The van der Waals surface area contributed by atoms with E-state index in [4.69, 9.17) is 15.2 Å². The highest BCUT2D eigenvalue weighted by Crippen LogP contribution is 2.37. The number of ether oxygens (including phenoxy) is 2. The van der Waals surface area contributed by atoms with Gasteiger partial charge in [-0.2, -0.15) is 0 Å². The Labute approximate surface area is 147 Å². The third-order valence-electron chi connectivity index (χ3n) is 5.05. The largest absolute Gasteiger partial charge is 0.489 e. The van der Waals surface area contributed by atoms with Gasteiger partial charge in [0.1, 0.15) is 5.75 Å². The second kappa shape index (κ2) is 7.75. The number of benzene rings is 1. The molecule has 1 saturated heterocycles. The van der Waals surface area contributed by atoms with E-state index in [1.807, 2.05) is 13.8 Å². The number of rotatable bonds is 6. The van der Waals surface area contributed by atoms with Crippen molar-refractivity contribution in [2.75, 3.05) is 32.5 Å². The zero-order valence-corrected chi connectivity index (χ0v) is 16.2. The standard InChI is InChI=1S/C20H34N2O2/c1-14(2)24-19-12-17(15(3)11-18(19)21)16-7-9-22(10-8-16)20(4,5)13-23-6/h11-12,14,16H,7-10,13,21H2,1-6H3. The molecule has 0 saturated carbocycles. The minimum atomic E-state index is 0.0990. The van der Waals surface area contributed by atoms with Crippen LogP contribution in [0.1, 0.15) is 57.6 Å². The summed E-state index contributed by atoms with van der Waals surface area (Å²) < 4.78 is 11.3. The number of hydrogen-bond donors (Lipinski definition) is 1. The van der Waals surface area contributed by atoms with E-state index in [2.05, 4.69) is 37.8 Å². The van der Waals surface area contributed by atoms with Crippen molar-refractivity contribution in [1.82, 2.24) is 4.90 Å². The Bertz CT molecular complexity index is 547. The Morgan fingerprint density at radius 3 is 2.42 bits per heavy atom. The summed E-state index contributed by atoms with van der Waals surface area (Å²) in [5.74, 6) is 1.41. The minimum absolute atomic E-state index is 0.0990. The maximum Gasteiger partial charge on any atom is 0.142 e. The van der Waals surface area contributed by atoms with Crippen LogP contribution >= 0.6 is 0 Å². The number of nitrogens with zero attached hydrogens (tertiary/aromatic N) is 1. The molecule has 4 heteroatoms. The van der Waals surface area contributed by atoms with E-state index in [-0.39, 0.29) is 11.6 Å². The Balaban J connectivity index is 2.11. The minimum Gasteiger partial charge on any atom is -0.489 e. The van der Waals surface area contributed by atoms with Crippen molar-refractivity contribution in [3.05, 3.63) is 23.3 Å². The van der Waals surface area contributed by atoms with Crippen LogP contribution in [-0.2, 0) is 4.74 Å². The molecule has 0 spiro atoms. The van der Waals surface area contributed by atoms with Crippen LogP contribution < -0.4 is 10.5 Å². The van der Waals surface area contributed by atoms with Gasteiger partial charge in [0.2, 0.25) is 0 Å². The van der Waals surface area contributed by atoms with Crippen LogP contribution in [0, 0.1) is 6.92 Å². The highest BCUT2D eigenvalue weighted by Gasteiger charge is 2.31. The van der Waals surface area contributed by atoms with Crippen molar-refractivity contribution >= 4 is 5.69 Å². The molecule has 0 aliphatic carbocycles. The van der Waals surface area contributed by atoms with Crippen LogP contribution in [0.15, 0.2) is 12.1 Å². The molecule has 2 N–H and O–H groups in total. The fourth-order valence-electron chi connectivity index (χ4n) is 3.76. The lowest BCUT2D eigenvalue weighted by molar-refractivity contribution is 0.0186. The van der Waals surface area contributed by atoms with Gasteiger partial charge in [0.25, 0.3) is 0 Å². The molecule has 0 unspecified atom stereocenters. The highest BCUT2D eigenvalue weighted by molar-refractivity contribution is 5.57. The summed E-state index contributed by atoms with van der Waals surface area (Å²) in [6.07, 6.45) is 2.47. The molecule has 1 aromatic rings. The summed E-state index contributed by atoms with van der Waals surface area (Å²) in [4.78, 5) is 2.55. The first-order valence-corrected chi connectivity index (χ1v) is 9.05. The quantitative estimate of drug-likeness (QED) is 0.800. The third-order valence-corrected chi connectivity index (χ3v) is 5.05. The predicted octanol–water partition coefficient (Wildman–Crippen LogP) is 3.97. The first-order chi connectivity index (χ1) is 11.2. The number of nitrogen functional groups attached to an aromatic ring is 1. The Morgan fingerprint density at radius 1 is 1.25 bits per heavy atom. The number of piperidine rings is 1. The summed E-state index contributed by atoms with van der Waals surface area (Å²) in [7, 11) is 1.78. The maximum absolute atomic E-state index is 6.13. The average molecular weight is 335 g/mol. The third kappa shape index (κ3) is 4.42. The molecule has 1 aliphatic rings. The molecule has 1 heterocycles. The summed E-state index contributed by atoms with van der Waals surface area (Å²) in [6, 6.07) is 4.24. The van der Waals surface area contributed by atoms with E-state index in [0.29, 0.717) is 5.92 Å². The predicted molar refractivity (Wildman–Crippen MR) is 101 cm³/mol. The van der Waals surface area contributed by atoms with Crippen molar-refractivity contribution in [1.29, 1.82) is 0 Å². The smallest absolute Gasteiger partial charge is 0.142 e. The van der Waals surface area contributed by atoms with Gasteiger partial charge in [-0.05, 0) is 89.7 Å². The molecule has 4 nitrogen and oxygen atoms in total. The first-order valence-electron chi connectivity index (χ1n) is 9.05.